The van der Waals surface area contributed by atoms with E-state index in [-0.39, 0.29) is 11.4 Å². The second-order valence-corrected chi connectivity index (χ2v) is 8.28. The summed E-state index contributed by atoms with van der Waals surface area (Å²) in [6.07, 6.45) is 0. The molecular formula is C22H24N2O4S. The van der Waals surface area contributed by atoms with Crippen molar-refractivity contribution in [3.8, 4) is 0 Å². The van der Waals surface area contributed by atoms with Gasteiger partial charge >= 0.3 is 0 Å². The number of morpholine rings is 1. The number of Topliss-reactive ketones (excluding diaryl/α,β-unsaturated/α-hetero) is 1. The van der Waals surface area contributed by atoms with E-state index in [1.54, 1.807) is 17.0 Å². The summed E-state index contributed by atoms with van der Waals surface area (Å²) < 4.78 is 5.39. The molecule has 0 spiro atoms. The van der Waals surface area contributed by atoms with Gasteiger partial charge in [0.15, 0.2) is 5.76 Å². The number of ether oxygens (including phenoxy) is 1. The van der Waals surface area contributed by atoms with E-state index in [0.717, 1.165) is 24.2 Å². The molecule has 6 nitrogen and oxygen atoms in total. The van der Waals surface area contributed by atoms with Gasteiger partial charge < -0.3 is 14.7 Å². The van der Waals surface area contributed by atoms with E-state index in [1.807, 2.05) is 36.6 Å². The molecule has 1 N–H and O–H groups in total. The van der Waals surface area contributed by atoms with Gasteiger partial charge in [0.25, 0.3) is 5.91 Å². The zero-order valence-electron chi connectivity index (χ0n) is 16.3. The van der Waals surface area contributed by atoms with Crippen LogP contribution in [0.3, 0.4) is 0 Å². The second-order valence-electron chi connectivity index (χ2n) is 7.33. The molecule has 0 saturated carbocycles. The van der Waals surface area contributed by atoms with Gasteiger partial charge in [-0.1, -0.05) is 35.9 Å². The van der Waals surface area contributed by atoms with Crippen molar-refractivity contribution in [2.24, 2.45) is 0 Å². The molecule has 1 atom stereocenters. The van der Waals surface area contributed by atoms with Gasteiger partial charge in [-0.15, -0.1) is 11.3 Å². The number of hydrogen-bond donors (Lipinski definition) is 1. The predicted octanol–water partition coefficient (Wildman–Crippen LogP) is 2.97. The van der Waals surface area contributed by atoms with Crippen LogP contribution in [0.1, 0.15) is 26.8 Å². The second kappa shape index (κ2) is 8.49. The molecule has 0 unspecified atom stereocenters. The maximum atomic E-state index is 13.2. The molecule has 7 heteroatoms. The van der Waals surface area contributed by atoms with Crippen LogP contribution >= 0.6 is 11.3 Å². The Morgan fingerprint density at radius 3 is 2.55 bits per heavy atom. The van der Waals surface area contributed by atoms with Crippen LogP contribution in [0.5, 0.6) is 0 Å². The number of benzene rings is 1. The minimum absolute atomic E-state index is 0.170. The summed E-state index contributed by atoms with van der Waals surface area (Å²) in [7, 11) is 0. The summed E-state index contributed by atoms with van der Waals surface area (Å²) in [6.45, 7) is 6.09. The number of nitrogens with zero attached hydrogens (tertiary/aromatic N) is 2. The van der Waals surface area contributed by atoms with Crippen molar-refractivity contribution in [2.45, 2.75) is 13.0 Å². The Bertz CT molecular complexity index is 915. The molecule has 0 radical (unpaired) electrons. The first kappa shape index (κ1) is 19.8. The van der Waals surface area contributed by atoms with Gasteiger partial charge in [0.1, 0.15) is 0 Å². The van der Waals surface area contributed by atoms with Gasteiger partial charge in [0.05, 0.1) is 29.7 Å². The number of aryl methyl sites for hydroxylation is 1. The van der Waals surface area contributed by atoms with Crippen LogP contribution in [-0.2, 0) is 9.53 Å². The van der Waals surface area contributed by atoms with Crippen LogP contribution in [0.25, 0.3) is 0 Å². The molecule has 3 heterocycles. The minimum atomic E-state index is -0.584. The molecule has 1 aromatic carbocycles. The fourth-order valence-corrected chi connectivity index (χ4v) is 4.50. The van der Waals surface area contributed by atoms with Crippen molar-refractivity contribution in [3.63, 3.8) is 0 Å². The van der Waals surface area contributed by atoms with Crippen molar-refractivity contribution in [2.75, 3.05) is 39.4 Å². The molecule has 4 rings (SSSR count). The molecule has 152 valence electrons. The van der Waals surface area contributed by atoms with E-state index in [1.165, 1.54) is 11.3 Å². The third-order valence-electron chi connectivity index (χ3n) is 5.45. The average molecular weight is 413 g/mol. The van der Waals surface area contributed by atoms with Gasteiger partial charge in [-0.05, 0) is 23.9 Å². The average Bonchev–Trinajstić information content (AvgIpc) is 3.36. The molecule has 29 heavy (non-hydrogen) atoms. The molecule has 2 aliphatic rings. The standard InChI is InChI=1S/C22H24N2O4S/c1-15-4-6-16(7-5-15)19-18(20(25)17-3-2-14-29-17)21(26)22(27)24(19)9-8-23-10-12-28-13-11-23/h2-7,14,19,26H,8-13H2,1H3/t19-/m0/s1. The van der Waals surface area contributed by atoms with Crippen molar-refractivity contribution in [3.05, 3.63) is 69.1 Å². The van der Waals surface area contributed by atoms with Crippen LogP contribution in [0.4, 0.5) is 0 Å². The lowest BCUT2D eigenvalue weighted by molar-refractivity contribution is -0.129. The number of aliphatic hydroxyl groups excluding tert-OH is 1. The van der Waals surface area contributed by atoms with Gasteiger partial charge in [-0.2, -0.15) is 0 Å². The third kappa shape index (κ3) is 3.99. The highest BCUT2D eigenvalue weighted by Gasteiger charge is 2.43. The highest BCUT2D eigenvalue weighted by Crippen LogP contribution is 2.39. The van der Waals surface area contributed by atoms with Crippen molar-refractivity contribution in [1.82, 2.24) is 9.80 Å². The van der Waals surface area contributed by atoms with Crippen LogP contribution in [0.15, 0.2) is 53.1 Å². The summed E-state index contributed by atoms with van der Waals surface area (Å²) >= 11 is 1.31. The topological polar surface area (TPSA) is 70.1 Å². The molecular weight excluding hydrogens is 388 g/mol. The van der Waals surface area contributed by atoms with E-state index in [4.69, 9.17) is 4.74 Å². The van der Waals surface area contributed by atoms with Gasteiger partial charge in [0.2, 0.25) is 5.78 Å². The van der Waals surface area contributed by atoms with Crippen LogP contribution in [-0.4, -0.2) is 66.0 Å². The zero-order valence-corrected chi connectivity index (χ0v) is 17.2. The number of carbonyl (C=O) groups excluding carboxylic acids is 2. The molecule has 0 aliphatic carbocycles. The molecule has 0 bridgehead atoms. The normalized spacial score (nSPS) is 20.5. The number of aliphatic hydroxyl groups is 1. The monoisotopic (exact) mass is 412 g/mol. The third-order valence-corrected chi connectivity index (χ3v) is 6.32. The molecule has 2 aromatic rings. The largest absolute Gasteiger partial charge is 0.503 e. The van der Waals surface area contributed by atoms with Crippen LogP contribution < -0.4 is 0 Å². The summed E-state index contributed by atoms with van der Waals surface area (Å²) in [5.74, 6) is -1.20. The number of ketones is 1. The van der Waals surface area contributed by atoms with Gasteiger partial charge in [-0.25, -0.2) is 0 Å². The number of rotatable bonds is 6. The zero-order chi connectivity index (χ0) is 20.4. The predicted molar refractivity (Wildman–Crippen MR) is 111 cm³/mol. The lowest BCUT2D eigenvalue weighted by Gasteiger charge is -2.31. The quantitative estimate of drug-likeness (QED) is 0.739. The number of thiophene rings is 1. The Kier molecular flexibility index (Phi) is 5.80. The number of carbonyl (C=O) groups is 2. The Morgan fingerprint density at radius 1 is 1.17 bits per heavy atom. The Hall–Kier alpha value is -2.48. The van der Waals surface area contributed by atoms with Crippen molar-refractivity contribution >= 4 is 23.0 Å². The van der Waals surface area contributed by atoms with Gasteiger partial charge in [-0.3, -0.25) is 14.5 Å². The number of amides is 1. The Balaban J connectivity index is 1.66. The van der Waals surface area contributed by atoms with E-state index < -0.39 is 17.7 Å². The lowest BCUT2D eigenvalue weighted by atomic mass is 9.95. The lowest BCUT2D eigenvalue weighted by Crippen LogP contribution is -2.43. The maximum Gasteiger partial charge on any atom is 0.290 e. The first-order chi connectivity index (χ1) is 14.1. The SMILES string of the molecule is Cc1ccc([C@H]2C(C(=O)c3cccs3)=C(O)C(=O)N2CCN2CCOCC2)cc1. The minimum Gasteiger partial charge on any atom is -0.503 e. The fourth-order valence-electron chi connectivity index (χ4n) is 3.83. The first-order valence-corrected chi connectivity index (χ1v) is 10.6. The molecule has 1 amide bonds. The smallest absolute Gasteiger partial charge is 0.290 e. The Labute approximate surface area is 174 Å². The molecule has 1 aromatic heterocycles. The summed E-state index contributed by atoms with van der Waals surface area (Å²) in [5, 5.41) is 12.5. The number of hydrogen-bond acceptors (Lipinski definition) is 6. The molecule has 1 saturated heterocycles. The van der Waals surface area contributed by atoms with E-state index in [9.17, 15) is 14.7 Å². The highest BCUT2D eigenvalue weighted by atomic mass is 32.1. The summed E-state index contributed by atoms with van der Waals surface area (Å²) in [4.78, 5) is 30.5. The van der Waals surface area contributed by atoms with E-state index >= 15 is 0 Å². The van der Waals surface area contributed by atoms with Crippen LogP contribution in [0, 0.1) is 6.92 Å². The van der Waals surface area contributed by atoms with E-state index in [0.29, 0.717) is 31.2 Å². The van der Waals surface area contributed by atoms with Crippen molar-refractivity contribution in [1.29, 1.82) is 0 Å². The Morgan fingerprint density at radius 2 is 1.90 bits per heavy atom. The fraction of sp³-hybridized carbons (Fsp3) is 0.364. The highest BCUT2D eigenvalue weighted by molar-refractivity contribution is 7.12. The molecule has 1 fully saturated rings. The van der Waals surface area contributed by atoms with Crippen LogP contribution in [0.2, 0.25) is 0 Å². The van der Waals surface area contributed by atoms with Gasteiger partial charge in [0, 0.05) is 26.2 Å². The van der Waals surface area contributed by atoms with E-state index in [2.05, 4.69) is 4.90 Å². The van der Waals surface area contributed by atoms with Crippen molar-refractivity contribution < 1.29 is 19.4 Å². The molecule has 2 aliphatic heterocycles. The summed E-state index contributed by atoms with van der Waals surface area (Å²) in [6, 6.07) is 10.7. The summed E-state index contributed by atoms with van der Waals surface area (Å²) in [5.41, 5.74) is 2.09. The first-order valence-electron chi connectivity index (χ1n) is 9.75. The maximum absolute atomic E-state index is 13.2.